The van der Waals surface area contributed by atoms with E-state index in [1.165, 1.54) is 0 Å². The molecule has 0 aliphatic rings. The third-order valence-corrected chi connectivity index (χ3v) is 1.63. The topological polar surface area (TPSA) is 61.0 Å². The van der Waals surface area contributed by atoms with Crippen LogP contribution in [0, 0.1) is 10.1 Å². The predicted octanol–water partition coefficient (Wildman–Crippen LogP) is 2.12. The number of hydrogen-bond acceptors (Lipinski definition) is 3. The lowest BCUT2D eigenvalue weighted by atomic mass is 10.6. The van der Waals surface area contributed by atoms with Crippen LogP contribution in [-0.2, 0) is 6.54 Å². The molecule has 0 saturated heterocycles. The Bertz CT molecular complexity index is 362. The molecule has 1 aromatic heterocycles. The maximum absolute atomic E-state index is 11.9. The molecule has 1 rings (SSSR count). The summed E-state index contributed by atoms with van der Waals surface area (Å²) in [5, 5.41) is 13.6. The molecule has 0 aromatic carbocycles. The molecule has 0 radical (unpaired) electrons. The highest BCUT2D eigenvalue weighted by atomic mass is 79.9. The van der Waals surface area contributed by atoms with E-state index in [-0.39, 0.29) is 9.28 Å². The van der Waals surface area contributed by atoms with Crippen LogP contribution in [0.25, 0.3) is 0 Å². The minimum Gasteiger partial charge on any atom is -0.358 e. The zero-order valence-corrected chi connectivity index (χ0v) is 8.04. The molecular weight excluding hydrogens is 271 g/mol. The first-order valence-electron chi connectivity index (χ1n) is 3.24. The van der Waals surface area contributed by atoms with Crippen molar-refractivity contribution in [3.8, 4) is 0 Å². The Morgan fingerprint density at radius 2 is 2.21 bits per heavy atom. The highest BCUT2D eigenvalue weighted by Gasteiger charge is 2.34. The Balaban J connectivity index is 3.02. The molecule has 0 spiro atoms. The summed E-state index contributed by atoms with van der Waals surface area (Å²) in [5.41, 5.74) is 0. The van der Waals surface area contributed by atoms with Gasteiger partial charge in [0.05, 0.1) is 6.07 Å². The molecule has 9 heteroatoms. The quantitative estimate of drug-likeness (QED) is 0.613. The summed E-state index contributed by atoms with van der Waals surface area (Å²) in [6.45, 7) is -1.48. The molecule has 1 aromatic rings. The number of rotatable bonds is 2. The molecule has 78 valence electrons. The van der Waals surface area contributed by atoms with Crippen LogP contribution >= 0.6 is 15.9 Å². The lowest BCUT2D eigenvalue weighted by Crippen LogP contribution is -2.19. The van der Waals surface area contributed by atoms with Crippen molar-refractivity contribution in [1.82, 2.24) is 9.78 Å². The number of nitrogens with zero attached hydrogens (tertiary/aromatic N) is 3. The minimum absolute atomic E-state index is 0.00606. The van der Waals surface area contributed by atoms with Crippen molar-refractivity contribution >= 4 is 21.7 Å². The second-order valence-corrected chi connectivity index (χ2v) is 3.17. The summed E-state index contributed by atoms with van der Waals surface area (Å²) < 4.78 is 36.0. The smallest absolute Gasteiger partial charge is 0.358 e. The highest BCUT2D eigenvalue weighted by Crippen LogP contribution is 2.23. The molecule has 0 bridgehead atoms. The molecule has 0 fully saturated rings. The van der Waals surface area contributed by atoms with Crippen molar-refractivity contribution in [3.05, 3.63) is 20.8 Å². The molecule has 1 heterocycles. The number of hydrogen-bond donors (Lipinski definition) is 0. The fraction of sp³-hybridized carbons (Fsp3) is 0.400. The Labute approximate surface area is 83.8 Å². The zero-order valence-electron chi connectivity index (χ0n) is 6.45. The van der Waals surface area contributed by atoms with Crippen LogP contribution in [-0.4, -0.2) is 20.9 Å². The van der Waals surface area contributed by atoms with E-state index in [2.05, 4.69) is 21.0 Å². The summed E-state index contributed by atoms with van der Waals surface area (Å²) in [4.78, 5) is 9.35. The van der Waals surface area contributed by atoms with Gasteiger partial charge in [-0.2, -0.15) is 13.2 Å². The first kappa shape index (κ1) is 11.0. The minimum atomic E-state index is -4.53. The summed E-state index contributed by atoms with van der Waals surface area (Å²) >= 11 is 2.76. The van der Waals surface area contributed by atoms with Gasteiger partial charge in [-0.3, -0.25) is 0 Å². The average Bonchev–Trinajstić information content (AvgIpc) is 2.27. The Morgan fingerprint density at radius 1 is 1.64 bits per heavy atom. The van der Waals surface area contributed by atoms with E-state index in [1.807, 2.05) is 0 Å². The van der Waals surface area contributed by atoms with Gasteiger partial charge in [-0.1, -0.05) is 5.10 Å². The van der Waals surface area contributed by atoms with Crippen molar-refractivity contribution in [2.45, 2.75) is 12.7 Å². The van der Waals surface area contributed by atoms with E-state index in [9.17, 15) is 23.3 Å². The molecule has 0 N–H and O–H groups in total. The molecule has 14 heavy (non-hydrogen) atoms. The second kappa shape index (κ2) is 3.56. The SMILES string of the molecule is O=[N+]([O-])c1cc(Br)nn1CC(F)(F)F. The van der Waals surface area contributed by atoms with Gasteiger partial charge in [-0.05, 0) is 20.9 Å². The van der Waals surface area contributed by atoms with Crippen LogP contribution in [0.1, 0.15) is 0 Å². The fourth-order valence-corrected chi connectivity index (χ4v) is 1.21. The van der Waals surface area contributed by atoms with Crippen LogP contribution in [0.5, 0.6) is 0 Å². The van der Waals surface area contributed by atoms with Gasteiger partial charge in [0, 0.05) is 0 Å². The highest BCUT2D eigenvalue weighted by molar-refractivity contribution is 9.10. The Hall–Kier alpha value is -1.12. The largest absolute Gasteiger partial charge is 0.428 e. The van der Waals surface area contributed by atoms with Crippen molar-refractivity contribution < 1.29 is 18.1 Å². The van der Waals surface area contributed by atoms with Gasteiger partial charge in [0.1, 0.15) is 0 Å². The standard InChI is InChI=1S/C5H3BrF3N3O2/c6-3-1-4(12(13)14)11(10-3)2-5(7,8)9/h1H,2H2. The van der Waals surface area contributed by atoms with Crippen molar-refractivity contribution in [3.63, 3.8) is 0 Å². The zero-order chi connectivity index (χ0) is 10.9. The lowest BCUT2D eigenvalue weighted by molar-refractivity contribution is -0.393. The van der Waals surface area contributed by atoms with Crippen LogP contribution in [0.4, 0.5) is 19.0 Å². The van der Waals surface area contributed by atoms with Gasteiger partial charge >= 0.3 is 12.0 Å². The van der Waals surface area contributed by atoms with Crippen molar-refractivity contribution in [2.24, 2.45) is 0 Å². The van der Waals surface area contributed by atoms with E-state index >= 15 is 0 Å². The normalized spacial score (nSPS) is 11.7. The van der Waals surface area contributed by atoms with E-state index in [0.29, 0.717) is 0 Å². The van der Waals surface area contributed by atoms with Crippen LogP contribution < -0.4 is 0 Å². The molecular formula is C5H3BrF3N3O2. The van der Waals surface area contributed by atoms with E-state index in [1.54, 1.807) is 0 Å². The van der Waals surface area contributed by atoms with Crippen LogP contribution in [0.2, 0.25) is 0 Å². The fourth-order valence-electron chi connectivity index (χ4n) is 0.810. The Morgan fingerprint density at radius 3 is 2.64 bits per heavy atom. The maximum atomic E-state index is 11.9. The van der Waals surface area contributed by atoms with Gasteiger partial charge in [0.2, 0.25) is 6.54 Å². The molecule has 0 aliphatic carbocycles. The lowest BCUT2D eigenvalue weighted by Gasteiger charge is -2.02. The number of halogens is 4. The third-order valence-electron chi connectivity index (χ3n) is 1.25. The number of alkyl halides is 3. The molecule has 0 atom stereocenters. The van der Waals surface area contributed by atoms with Gasteiger partial charge in [0.25, 0.3) is 0 Å². The summed E-state index contributed by atoms with van der Waals surface area (Å²) in [7, 11) is 0. The van der Waals surface area contributed by atoms with E-state index in [4.69, 9.17) is 0 Å². The molecule has 0 saturated carbocycles. The van der Waals surface area contributed by atoms with Crippen LogP contribution in [0.15, 0.2) is 10.7 Å². The van der Waals surface area contributed by atoms with Crippen molar-refractivity contribution in [1.29, 1.82) is 0 Å². The van der Waals surface area contributed by atoms with E-state index < -0.39 is 23.5 Å². The van der Waals surface area contributed by atoms with Gasteiger partial charge in [0.15, 0.2) is 4.60 Å². The second-order valence-electron chi connectivity index (χ2n) is 2.36. The van der Waals surface area contributed by atoms with Crippen molar-refractivity contribution in [2.75, 3.05) is 0 Å². The molecule has 0 aliphatic heterocycles. The van der Waals surface area contributed by atoms with Gasteiger partial charge in [-0.15, -0.1) is 4.68 Å². The first-order chi connectivity index (χ1) is 6.29. The van der Waals surface area contributed by atoms with E-state index in [0.717, 1.165) is 6.07 Å². The first-order valence-corrected chi connectivity index (χ1v) is 4.03. The molecule has 0 unspecified atom stereocenters. The number of nitro groups is 1. The summed E-state index contributed by atoms with van der Waals surface area (Å²) in [6.07, 6.45) is -4.53. The summed E-state index contributed by atoms with van der Waals surface area (Å²) in [5.74, 6) is -0.700. The van der Waals surface area contributed by atoms with Crippen LogP contribution in [0.3, 0.4) is 0 Å². The predicted molar refractivity (Wildman–Crippen MR) is 42.6 cm³/mol. The molecule has 5 nitrogen and oxygen atoms in total. The molecule has 0 amide bonds. The number of aromatic nitrogens is 2. The Kier molecular flexibility index (Phi) is 2.79. The average molecular weight is 274 g/mol. The van der Waals surface area contributed by atoms with Gasteiger partial charge in [-0.25, -0.2) is 0 Å². The summed E-state index contributed by atoms with van der Waals surface area (Å²) in [6, 6.07) is 0.908. The monoisotopic (exact) mass is 273 g/mol. The maximum Gasteiger partial charge on any atom is 0.428 e. The van der Waals surface area contributed by atoms with Gasteiger partial charge < -0.3 is 10.1 Å². The third kappa shape index (κ3) is 2.69.